The number of nitrogens with zero attached hydrogens (tertiary/aromatic N) is 2. The minimum absolute atomic E-state index is 0.417. The van der Waals surface area contributed by atoms with E-state index in [-0.39, 0.29) is 0 Å². The average molecular weight is 328 g/mol. The highest BCUT2D eigenvalue weighted by Crippen LogP contribution is 2.27. The highest BCUT2D eigenvalue weighted by molar-refractivity contribution is 5.77. The Morgan fingerprint density at radius 1 is 1.21 bits per heavy atom. The smallest absolute Gasteiger partial charge is 0.188 e. The molecule has 0 spiro atoms. The van der Waals surface area contributed by atoms with Gasteiger partial charge in [-0.2, -0.15) is 0 Å². The van der Waals surface area contributed by atoms with Crippen LogP contribution >= 0.6 is 0 Å². The van der Waals surface area contributed by atoms with Crippen LogP contribution in [0.3, 0.4) is 0 Å². The second kappa shape index (κ2) is 8.76. The first-order chi connectivity index (χ1) is 11.6. The van der Waals surface area contributed by atoms with Crippen LogP contribution in [-0.2, 0) is 13.0 Å². The lowest BCUT2D eigenvalue weighted by Gasteiger charge is -2.10. The molecule has 0 radical (unpaired) electrons. The van der Waals surface area contributed by atoms with E-state index in [0.717, 1.165) is 34.7 Å². The second-order valence-electron chi connectivity index (χ2n) is 5.33. The molecular formula is C18H24N4O2. The van der Waals surface area contributed by atoms with E-state index in [1.54, 1.807) is 20.4 Å². The molecule has 6 nitrogen and oxygen atoms in total. The zero-order valence-electron chi connectivity index (χ0n) is 14.4. The van der Waals surface area contributed by atoms with Crippen molar-refractivity contribution in [2.75, 3.05) is 20.8 Å². The molecular weight excluding hydrogens is 304 g/mol. The van der Waals surface area contributed by atoms with Crippen LogP contribution < -0.4 is 20.5 Å². The van der Waals surface area contributed by atoms with E-state index in [4.69, 9.17) is 15.2 Å². The summed E-state index contributed by atoms with van der Waals surface area (Å²) < 4.78 is 10.5. The van der Waals surface area contributed by atoms with Crippen molar-refractivity contribution in [3.05, 3.63) is 53.3 Å². The lowest BCUT2D eigenvalue weighted by Crippen LogP contribution is -2.33. The molecule has 1 aromatic carbocycles. The molecule has 2 aromatic rings. The highest BCUT2D eigenvalue weighted by atomic mass is 16.5. The van der Waals surface area contributed by atoms with Gasteiger partial charge in [0.25, 0.3) is 0 Å². The molecule has 0 aliphatic rings. The van der Waals surface area contributed by atoms with Gasteiger partial charge in [-0.05, 0) is 42.7 Å². The summed E-state index contributed by atoms with van der Waals surface area (Å²) in [6.45, 7) is 3.17. The van der Waals surface area contributed by atoms with Crippen molar-refractivity contribution in [3.63, 3.8) is 0 Å². The molecule has 0 bridgehead atoms. The van der Waals surface area contributed by atoms with Gasteiger partial charge in [0.2, 0.25) is 0 Å². The number of methoxy groups -OCH3 is 2. The molecule has 0 aliphatic heterocycles. The Balaban J connectivity index is 1.85. The van der Waals surface area contributed by atoms with Crippen LogP contribution in [0.1, 0.15) is 16.8 Å². The number of hydrogen-bond donors (Lipinski definition) is 2. The standard InChI is InChI=1S/C18H24N4O2/c1-13-5-4-9-20-15(13)12-22-18(19)21-10-8-14-6-7-16(23-2)17(11-14)24-3/h4-7,9,11H,8,10,12H2,1-3H3,(H3,19,21,22). The Morgan fingerprint density at radius 2 is 2.00 bits per heavy atom. The van der Waals surface area contributed by atoms with E-state index in [1.165, 1.54) is 0 Å². The molecule has 0 atom stereocenters. The van der Waals surface area contributed by atoms with Gasteiger partial charge in [-0.25, -0.2) is 4.99 Å². The van der Waals surface area contributed by atoms with Gasteiger partial charge in [0.1, 0.15) is 0 Å². The second-order valence-corrected chi connectivity index (χ2v) is 5.33. The van der Waals surface area contributed by atoms with Gasteiger partial charge in [-0.1, -0.05) is 12.1 Å². The van der Waals surface area contributed by atoms with E-state index in [1.807, 2.05) is 37.3 Å². The lowest BCUT2D eigenvalue weighted by molar-refractivity contribution is 0.354. The Hall–Kier alpha value is -2.76. The first-order valence-electron chi connectivity index (χ1n) is 7.79. The Morgan fingerprint density at radius 3 is 2.71 bits per heavy atom. The van der Waals surface area contributed by atoms with Crippen molar-refractivity contribution in [3.8, 4) is 11.5 Å². The van der Waals surface area contributed by atoms with Crippen molar-refractivity contribution in [1.29, 1.82) is 0 Å². The van der Waals surface area contributed by atoms with E-state index >= 15 is 0 Å². The van der Waals surface area contributed by atoms with Gasteiger partial charge in [-0.15, -0.1) is 0 Å². The van der Waals surface area contributed by atoms with Crippen LogP contribution in [0.5, 0.6) is 11.5 Å². The number of nitrogens with one attached hydrogen (secondary N) is 1. The number of hydrogen-bond acceptors (Lipinski definition) is 4. The van der Waals surface area contributed by atoms with Crippen molar-refractivity contribution in [1.82, 2.24) is 10.3 Å². The maximum Gasteiger partial charge on any atom is 0.188 e. The van der Waals surface area contributed by atoms with Gasteiger partial charge >= 0.3 is 0 Å². The predicted octanol–water partition coefficient (Wildman–Crippen LogP) is 2.05. The minimum Gasteiger partial charge on any atom is -0.493 e. The van der Waals surface area contributed by atoms with E-state index in [2.05, 4.69) is 15.3 Å². The summed E-state index contributed by atoms with van der Waals surface area (Å²) in [7, 11) is 3.25. The van der Waals surface area contributed by atoms with E-state index in [9.17, 15) is 0 Å². The molecule has 0 fully saturated rings. The Kier molecular flexibility index (Phi) is 6.42. The number of guanidine groups is 1. The molecule has 0 saturated carbocycles. The molecule has 1 heterocycles. The number of nitrogens with two attached hydrogens (primary N) is 1. The third kappa shape index (κ3) is 4.87. The summed E-state index contributed by atoms with van der Waals surface area (Å²) in [5, 5.41) is 3.11. The van der Waals surface area contributed by atoms with E-state index < -0.39 is 0 Å². The Labute approximate surface area is 142 Å². The fourth-order valence-corrected chi connectivity index (χ4v) is 2.27. The molecule has 0 unspecified atom stereocenters. The number of rotatable bonds is 7. The zero-order valence-corrected chi connectivity index (χ0v) is 14.4. The van der Waals surface area contributed by atoms with Gasteiger partial charge in [0, 0.05) is 12.7 Å². The van der Waals surface area contributed by atoms with Crippen molar-refractivity contribution in [2.45, 2.75) is 19.9 Å². The van der Waals surface area contributed by atoms with Crippen molar-refractivity contribution in [2.24, 2.45) is 10.7 Å². The van der Waals surface area contributed by atoms with Gasteiger partial charge in [0.05, 0.1) is 26.5 Å². The summed E-state index contributed by atoms with van der Waals surface area (Å²) in [4.78, 5) is 8.62. The van der Waals surface area contributed by atoms with Crippen LogP contribution in [0.2, 0.25) is 0 Å². The number of aryl methyl sites for hydroxylation is 1. The predicted molar refractivity (Wildman–Crippen MR) is 95.6 cm³/mol. The van der Waals surface area contributed by atoms with Crippen LogP contribution in [0.4, 0.5) is 0 Å². The number of pyridine rings is 1. The van der Waals surface area contributed by atoms with Crippen LogP contribution in [0.25, 0.3) is 0 Å². The maximum absolute atomic E-state index is 5.90. The van der Waals surface area contributed by atoms with Gasteiger partial charge < -0.3 is 20.5 Å². The van der Waals surface area contributed by atoms with Crippen molar-refractivity contribution >= 4 is 5.96 Å². The molecule has 6 heteroatoms. The molecule has 24 heavy (non-hydrogen) atoms. The van der Waals surface area contributed by atoms with Crippen LogP contribution in [0, 0.1) is 6.92 Å². The molecule has 2 rings (SSSR count). The molecule has 3 N–H and O–H groups in total. The quantitative estimate of drug-likeness (QED) is 0.600. The normalized spacial score (nSPS) is 11.2. The topological polar surface area (TPSA) is 81.8 Å². The zero-order chi connectivity index (χ0) is 17.4. The summed E-state index contributed by atoms with van der Waals surface area (Å²) in [6, 6.07) is 9.79. The third-order valence-corrected chi connectivity index (χ3v) is 3.68. The number of aromatic nitrogens is 1. The summed E-state index contributed by atoms with van der Waals surface area (Å²) in [5.74, 6) is 1.86. The van der Waals surface area contributed by atoms with Crippen molar-refractivity contribution < 1.29 is 9.47 Å². The van der Waals surface area contributed by atoms with E-state index in [0.29, 0.717) is 19.0 Å². The highest BCUT2D eigenvalue weighted by Gasteiger charge is 2.04. The number of benzene rings is 1. The number of ether oxygens (including phenoxy) is 2. The fraction of sp³-hybridized carbons (Fsp3) is 0.333. The monoisotopic (exact) mass is 328 g/mol. The maximum atomic E-state index is 5.90. The minimum atomic E-state index is 0.417. The van der Waals surface area contributed by atoms with Crippen LogP contribution in [-0.4, -0.2) is 31.7 Å². The van der Waals surface area contributed by atoms with Gasteiger partial charge in [-0.3, -0.25) is 4.98 Å². The lowest BCUT2D eigenvalue weighted by atomic mass is 10.1. The summed E-state index contributed by atoms with van der Waals surface area (Å²) in [5.41, 5.74) is 9.08. The molecule has 0 aliphatic carbocycles. The summed E-state index contributed by atoms with van der Waals surface area (Å²) >= 11 is 0. The fourth-order valence-electron chi connectivity index (χ4n) is 2.27. The third-order valence-electron chi connectivity index (χ3n) is 3.68. The first kappa shape index (κ1) is 17.6. The molecule has 1 aromatic heterocycles. The average Bonchev–Trinajstić information content (AvgIpc) is 2.61. The molecule has 0 saturated heterocycles. The SMILES string of the molecule is COc1ccc(CCNC(N)=NCc2ncccc2C)cc1OC. The van der Waals surface area contributed by atoms with Crippen LogP contribution in [0.15, 0.2) is 41.5 Å². The first-order valence-corrected chi connectivity index (χ1v) is 7.79. The number of aliphatic imine (C=N–C) groups is 1. The summed E-state index contributed by atoms with van der Waals surface area (Å²) in [6.07, 6.45) is 2.57. The largest absolute Gasteiger partial charge is 0.493 e. The van der Waals surface area contributed by atoms with Gasteiger partial charge in [0.15, 0.2) is 17.5 Å². The Bertz CT molecular complexity index is 701. The molecule has 128 valence electrons. The molecule has 0 amide bonds.